The molecule has 0 aliphatic carbocycles. The quantitative estimate of drug-likeness (QED) is 0.770. The number of hydrogen-bond donors (Lipinski definition) is 2. The Bertz CT molecular complexity index is 923. The molecule has 3 N–H and O–H groups in total. The number of amides is 2. The maximum Gasteiger partial charge on any atom is 0.414 e. The normalized spacial score (nSPS) is 21.2. The number of halogens is 2. The summed E-state index contributed by atoms with van der Waals surface area (Å²) in [5.74, 6) is -1.45. The summed E-state index contributed by atoms with van der Waals surface area (Å²) < 4.78 is 39.5. The number of rotatable bonds is 5. The largest absolute Gasteiger partial charge is 0.443 e. The van der Waals surface area contributed by atoms with Gasteiger partial charge in [-0.3, -0.25) is 9.80 Å². The Kier molecular flexibility index (Phi) is 5.27. The summed E-state index contributed by atoms with van der Waals surface area (Å²) in [5, 5.41) is 9.11. The number of anilines is 2. The number of cyclic esters (lactones) is 2. The molecule has 2 atom stereocenters. The number of aliphatic hydroxyl groups excluding tert-OH is 1. The van der Waals surface area contributed by atoms with E-state index < -0.39 is 36.0 Å². The van der Waals surface area contributed by atoms with Crippen molar-refractivity contribution in [2.45, 2.75) is 12.2 Å². The van der Waals surface area contributed by atoms with Gasteiger partial charge in [0.15, 0.2) is 0 Å². The van der Waals surface area contributed by atoms with Crippen LogP contribution in [0.25, 0.3) is 11.1 Å². The third-order valence-electron chi connectivity index (χ3n) is 5.03. The number of carbonyl (C=O) groups excluding carboxylic acids is 2. The summed E-state index contributed by atoms with van der Waals surface area (Å²) in [4.78, 5) is 26.2. The van der Waals surface area contributed by atoms with E-state index in [0.29, 0.717) is 0 Å². The molecular weight excluding hydrogens is 400 g/mol. The van der Waals surface area contributed by atoms with E-state index in [0.717, 1.165) is 12.1 Å². The standard InChI is InChI=1S/C20H19F2N3O5/c21-17-5-11(24-8-13(7-23)29-19(24)27)1-3-15(17)16-4-2-12(6-18(16)22)25-9-14(10-26)30-20(25)28/h1-6,13-14,26H,7-10,23H2/t13-,14+/m0/s1. The molecule has 2 saturated heterocycles. The lowest BCUT2D eigenvalue weighted by molar-refractivity contribution is 0.0963. The highest BCUT2D eigenvalue weighted by Crippen LogP contribution is 2.33. The second-order valence-electron chi connectivity index (χ2n) is 6.98. The van der Waals surface area contributed by atoms with Crippen LogP contribution < -0.4 is 15.5 Å². The SMILES string of the molecule is NC[C@H]1CN(c2ccc(-c3ccc(N4C[C@H](CO)OC4=O)cc3F)c(F)c2)C(=O)O1. The Morgan fingerprint density at radius 2 is 1.37 bits per heavy atom. The number of ether oxygens (including phenoxy) is 2. The topological polar surface area (TPSA) is 105 Å². The Morgan fingerprint density at radius 3 is 1.73 bits per heavy atom. The Labute approximate surface area is 170 Å². The third kappa shape index (κ3) is 3.55. The predicted molar refractivity (Wildman–Crippen MR) is 103 cm³/mol. The summed E-state index contributed by atoms with van der Waals surface area (Å²) in [5.41, 5.74) is 6.02. The van der Waals surface area contributed by atoms with Gasteiger partial charge in [0.05, 0.1) is 31.1 Å². The van der Waals surface area contributed by atoms with Crippen molar-refractivity contribution in [3.63, 3.8) is 0 Å². The first-order valence-electron chi connectivity index (χ1n) is 9.28. The summed E-state index contributed by atoms with van der Waals surface area (Å²) in [6.07, 6.45) is -2.45. The van der Waals surface area contributed by atoms with E-state index in [9.17, 15) is 18.4 Å². The van der Waals surface area contributed by atoms with Gasteiger partial charge in [-0.2, -0.15) is 0 Å². The van der Waals surface area contributed by atoms with Crippen molar-refractivity contribution in [3.8, 4) is 11.1 Å². The van der Waals surface area contributed by atoms with Crippen molar-refractivity contribution < 1.29 is 33.0 Å². The Balaban J connectivity index is 1.59. The van der Waals surface area contributed by atoms with Crippen molar-refractivity contribution in [1.29, 1.82) is 0 Å². The molecular formula is C20H19F2N3O5. The molecule has 2 aromatic carbocycles. The molecule has 0 radical (unpaired) electrons. The van der Waals surface area contributed by atoms with Gasteiger partial charge in [0, 0.05) is 17.7 Å². The van der Waals surface area contributed by atoms with Gasteiger partial charge in [0.25, 0.3) is 0 Å². The van der Waals surface area contributed by atoms with Gasteiger partial charge in [-0.25, -0.2) is 18.4 Å². The highest BCUT2D eigenvalue weighted by atomic mass is 19.1. The fourth-order valence-corrected chi connectivity index (χ4v) is 3.46. The predicted octanol–water partition coefficient (Wildman–Crippen LogP) is 2.23. The summed E-state index contributed by atoms with van der Waals surface area (Å²) >= 11 is 0. The molecule has 2 aliphatic rings. The molecule has 0 aromatic heterocycles. The Hall–Kier alpha value is -3.24. The zero-order valence-corrected chi connectivity index (χ0v) is 15.8. The van der Waals surface area contributed by atoms with Crippen LogP contribution in [-0.4, -0.2) is 55.7 Å². The van der Waals surface area contributed by atoms with Gasteiger partial charge in [-0.1, -0.05) is 0 Å². The molecule has 0 spiro atoms. The zero-order valence-electron chi connectivity index (χ0n) is 15.8. The molecule has 30 heavy (non-hydrogen) atoms. The molecule has 0 unspecified atom stereocenters. The van der Waals surface area contributed by atoms with E-state index in [2.05, 4.69) is 0 Å². The number of nitrogens with zero attached hydrogens (tertiary/aromatic N) is 2. The number of benzene rings is 2. The van der Waals surface area contributed by atoms with Gasteiger partial charge >= 0.3 is 12.2 Å². The molecule has 2 fully saturated rings. The first-order valence-corrected chi connectivity index (χ1v) is 9.28. The molecule has 2 aromatic rings. The molecule has 0 bridgehead atoms. The van der Waals surface area contributed by atoms with Crippen molar-refractivity contribution in [2.75, 3.05) is 36.0 Å². The smallest absolute Gasteiger partial charge is 0.414 e. The van der Waals surface area contributed by atoms with E-state index in [1.54, 1.807) is 0 Å². The molecule has 158 valence electrons. The highest BCUT2D eigenvalue weighted by molar-refractivity contribution is 5.91. The van der Waals surface area contributed by atoms with Gasteiger partial charge < -0.3 is 20.3 Å². The lowest BCUT2D eigenvalue weighted by Gasteiger charge is -2.16. The number of aliphatic hydroxyl groups is 1. The first-order chi connectivity index (χ1) is 14.4. The average molecular weight is 419 g/mol. The van der Waals surface area contributed by atoms with Crippen LogP contribution in [0.15, 0.2) is 36.4 Å². The summed E-state index contributed by atoms with van der Waals surface area (Å²) in [6, 6.07) is 7.93. The van der Waals surface area contributed by atoms with Crippen LogP contribution in [0.4, 0.5) is 29.7 Å². The molecule has 2 heterocycles. The van der Waals surface area contributed by atoms with Crippen molar-refractivity contribution in [1.82, 2.24) is 0 Å². The lowest BCUT2D eigenvalue weighted by Crippen LogP contribution is -2.27. The maximum absolute atomic E-state index is 14.8. The van der Waals surface area contributed by atoms with Crippen molar-refractivity contribution >= 4 is 23.6 Å². The van der Waals surface area contributed by atoms with E-state index in [1.807, 2.05) is 0 Å². The van der Waals surface area contributed by atoms with E-state index >= 15 is 0 Å². The monoisotopic (exact) mass is 419 g/mol. The fraction of sp³-hybridized carbons (Fsp3) is 0.300. The highest BCUT2D eigenvalue weighted by Gasteiger charge is 2.33. The average Bonchev–Trinajstić information content (AvgIpc) is 3.30. The van der Waals surface area contributed by atoms with Crippen LogP contribution in [-0.2, 0) is 9.47 Å². The molecule has 2 amide bonds. The van der Waals surface area contributed by atoms with E-state index in [4.69, 9.17) is 20.3 Å². The minimum absolute atomic E-state index is 0.00194. The number of carbonyl (C=O) groups is 2. The second kappa shape index (κ2) is 7.88. The van der Waals surface area contributed by atoms with Gasteiger partial charge in [-0.05, 0) is 36.4 Å². The van der Waals surface area contributed by atoms with Crippen LogP contribution in [0.1, 0.15) is 0 Å². The second-order valence-corrected chi connectivity index (χ2v) is 6.98. The molecule has 2 aliphatic heterocycles. The van der Waals surface area contributed by atoms with Gasteiger partial charge in [-0.15, -0.1) is 0 Å². The number of nitrogens with two attached hydrogens (primary N) is 1. The van der Waals surface area contributed by atoms with Gasteiger partial charge in [0.2, 0.25) is 0 Å². The molecule has 0 saturated carbocycles. The van der Waals surface area contributed by atoms with Crippen LogP contribution in [0.3, 0.4) is 0 Å². The van der Waals surface area contributed by atoms with Crippen LogP contribution in [0, 0.1) is 11.6 Å². The lowest BCUT2D eigenvalue weighted by atomic mass is 10.0. The van der Waals surface area contributed by atoms with Crippen LogP contribution in [0.2, 0.25) is 0 Å². The van der Waals surface area contributed by atoms with Gasteiger partial charge in [0.1, 0.15) is 23.8 Å². The first kappa shape index (κ1) is 20.0. The number of hydrogen-bond acceptors (Lipinski definition) is 6. The van der Waals surface area contributed by atoms with Crippen molar-refractivity contribution in [3.05, 3.63) is 48.0 Å². The minimum atomic E-state index is -0.733. The Morgan fingerprint density at radius 1 is 0.900 bits per heavy atom. The summed E-state index contributed by atoms with van der Waals surface area (Å²) in [7, 11) is 0. The van der Waals surface area contributed by atoms with Crippen LogP contribution in [0.5, 0.6) is 0 Å². The molecule has 10 heteroatoms. The maximum atomic E-state index is 14.8. The van der Waals surface area contributed by atoms with Crippen molar-refractivity contribution in [2.24, 2.45) is 5.73 Å². The van der Waals surface area contributed by atoms with Crippen LogP contribution >= 0.6 is 0 Å². The molecule has 4 rings (SSSR count). The van der Waals surface area contributed by atoms with E-state index in [1.165, 1.54) is 34.1 Å². The minimum Gasteiger partial charge on any atom is -0.443 e. The zero-order chi connectivity index (χ0) is 21.4. The fourth-order valence-electron chi connectivity index (χ4n) is 3.46. The third-order valence-corrected chi connectivity index (χ3v) is 5.03. The molecule has 8 nitrogen and oxygen atoms in total. The van der Waals surface area contributed by atoms with E-state index in [-0.39, 0.29) is 48.7 Å². The summed E-state index contributed by atoms with van der Waals surface area (Å²) in [6.45, 7) is 0.117.